The Kier molecular flexibility index (Phi) is 2.82. The lowest BCUT2D eigenvalue weighted by Gasteiger charge is -2.08. The fourth-order valence-corrected chi connectivity index (χ4v) is 1.85. The van der Waals surface area contributed by atoms with E-state index < -0.39 is 0 Å². The molecule has 0 bridgehead atoms. The molecule has 0 fully saturated rings. The van der Waals surface area contributed by atoms with Gasteiger partial charge in [-0.2, -0.15) is 0 Å². The van der Waals surface area contributed by atoms with Crippen molar-refractivity contribution in [2.24, 2.45) is 0 Å². The van der Waals surface area contributed by atoms with E-state index in [9.17, 15) is 5.11 Å². The zero-order chi connectivity index (χ0) is 11.5. The fraction of sp³-hybridized carbons (Fsp3) is 0.143. The minimum Gasteiger partial charge on any atom is -0.508 e. The van der Waals surface area contributed by atoms with Gasteiger partial charge in [-0.05, 0) is 35.4 Å². The first kappa shape index (κ1) is 10.6. The topological polar surface area (TPSA) is 29.5 Å². The third-order valence-electron chi connectivity index (χ3n) is 2.66. The minimum absolute atomic E-state index is 0.317. The first-order valence-electron chi connectivity index (χ1n) is 5.15. The molecule has 0 spiro atoms. The maximum absolute atomic E-state index is 9.79. The minimum atomic E-state index is 0.317. The molecule has 0 aliphatic carbocycles. The van der Waals surface area contributed by atoms with Gasteiger partial charge in [0.15, 0.2) is 0 Å². The number of phenolic OH excluding ortho intramolecular Hbond substituents is 1. The molecule has 0 unspecified atom stereocenters. The molecule has 0 aromatic heterocycles. The van der Waals surface area contributed by atoms with E-state index in [1.165, 1.54) is 0 Å². The number of rotatable bonds is 3. The van der Waals surface area contributed by atoms with Gasteiger partial charge < -0.3 is 9.84 Å². The highest BCUT2D eigenvalue weighted by atomic mass is 16.5. The molecule has 0 aliphatic rings. The summed E-state index contributed by atoms with van der Waals surface area (Å²) in [6.07, 6.45) is 2.45. The lowest BCUT2D eigenvalue weighted by Crippen LogP contribution is -1.87. The van der Waals surface area contributed by atoms with E-state index in [1.807, 2.05) is 24.3 Å². The van der Waals surface area contributed by atoms with Crippen LogP contribution in [0.3, 0.4) is 0 Å². The van der Waals surface area contributed by atoms with Crippen LogP contribution in [0.1, 0.15) is 5.56 Å². The average molecular weight is 214 g/mol. The number of benzene rings is 2. The summed E-state index contributed by atoms with van der Waals surface area (Å²) in [4.78, 5) is 0. The Morgan fingerprint density at radius 1 is 1.31 bits per heavy atom. The molecule has 0 heterocycles. The van der Waals surface area contributed by atoms with Crippen molar-refractivity contribution in [2.75, 3.05) is 7.11 Å². The molecule has 82 valence electrons. The van der Waals surface area contributed by atoms with Crippen LogP contribution in [0.15, 0.2) is 43.0 Å². The van der Waals surface area contributed by atoms with Crippen LogP contribution in [-0.2, 0) is 6.42 Å². The lowest BCUT2D eigenvalue weighted by atomic mass is 10.0. The molecular formula is C14H14O2. The third-order valence-corrected chi connectivity index (χ3v) is 2.66. The van der Waals surface area contributed by atoms with Crippen molar-refractivity contribution < 1.29 is 9.84 Å². The second-order valence-corrected chi connectivity index (χ2v) is 3.64. The molecule has 16 heavy (non-hydrogen) atoms. The van der Waals surface area contributed by atoms with E-state index in [-0.39, 0.29) is 0 Å². The Labute approximate surface area is 94.8 Å². The van der Waals surface area contributed by atoms with E-state index in [0.29, 0.717) is 12.2 Å². The predicted octanol–water partition coefficient (Wildman–Crippen LogP) is 3.28. The molecule has 2 aromatic rings. The van der Waals surface area contributed by atoms with E-state index in [1.54, 1.807) is 19.3 Å². The van der Waals surface area contributed by atoms with Gasteiger partial charge in [0.05, 0.1) is 7.11 Å². The molecule has 2 nitrogen and oxygen atoms in total. The summed E-state index contributed by atoms with van der Waals surface area (Å²) in [6, 6.07) is 9.42. The van der Waals surface area contributed by atoms with E-state index in [0.717, 1.165) is 22.1 Å². The fourth-order valence-electron chi connectivity index (χ4n) is 1.85. The molecule has 0 amide bonds. The summed E-state index contributed by atoms with van der Waals surface area (Å²) in [5.74, 6) is 1.14. The molecule has 2 heteroatoms. The van der Waals surface area contributed by atoms with Crippen LogP contribution in [0.4, 0.5) is 0 Å². The van der Waals surface area contributed by atoms with Gasteiger partial charge in [0, 0.05) is 5.56 Å². The van der Waals surface area contributed by atoms with E-state index in [4.69, 9.17) is 4.74 Å². The summed E-state index contributed by atoms with van der Waals surface area (Å²) in [7, 11) is 1.65. The van der Waals surface area contributed by atoms with E-state index >= 15 is 0 Å². The summed E-state index contributed by atoms with van der Waals surface area (Å²) in [6.45, 7) is 3.70. The number of ether oxygens (including phenoxy) is 1. The van der Waals surface area contributed by atoms with Gasteiger partial charge in [0.1, 0.15) is 11.5 Å². The Morgan fingerprint density at radius 2 is 2.12 bits per heavy atom. The third kappa shape index (κ3) is 1.74. The molecular weight excluding hydrogens is 200 g/mol. The predicted molar refractivity (Wildman–Crippen MR) is 66.1 cm³/mol. The first-order valence-corrected chi connectivity index (χ1v) is 5.15. The Hall–Kier alpha value is -1.96. The molecule has 2 rings (SSSR count). The molecule has 0 saturated heterocycles. The van der Waals surface area contributed by atoms with E-state index in [2.05, 4.69) is 6.58 Å². The van der Waals surface area contributed by atoms with Crippen LogP contribution in [0.2, 0.25) is 0 Å². The molecule has 0 aliphatic heterocycles. The number of hydrogen-bond donors (Lipinski definition) is 1. The van der Waals surface area contributed by atoms with Crippen molar-refractivity contribution in [1.82, 2.24) is 0 Å². The normalized spacial score (nSPS) is 10.3. The standard InChI is InChI=1S/C14H14O2/c1-3-4-13-12-7-6-11(16-2)9-10(12)5-8-14(13)15/h3,5-9,15H,1,4H2,2H3. The van der Waals surface area contributed by atoms with Crippen LogP contribution in [0.5, 0.6) is 11.5 Å². The monoisotopic (exact) mass is 214 g/mol. The first-order chi connectivity index (χ1) is 7.76. The highest BCUT2D eigenvalue weighted by Gasteiger charge is 2.06. The quantitative estimate of drug-likeness (QED) is 0.794. The maximum atomic E-state index is 9.79. The Morgan fingerprint density at radius 3 is 2.81 bits per heavy atom. The largest absolute Gasteiger partial charge is 0.508 e. The van der Waals surface area contributed by atoms with Gasteiger partial charge in [0.2, 0.25) is 0 Å². The molecule has 0 atom stereocenters. The smallest absolute Gasteiger partial charge is 0.119 e. The van der Waals surface area contributed by atoms with Gasteiger partial charge in [-0.25, -0.2) is 0 Å². The van der Waals surface area contributed by atoms with Crippen LogP contribution in [0, 0.1) is 0 Å². The zero-order valence-corrected chi connectivity index (χ0v) is 9.23. The van der Waals surface area contributed by atoms with Gasteiger partial charge >= 0.3 is 0 Å². The van der Waals surface area contributed by atoms with Crippen molar-refractivity contribution in [1.29, 1.82) is 0 Å². The number of fused-ring (bicyclic) bond motifs is 1. The number of hydrogen-bond acceptors (Lipinski definition) is 2. The molecule has 2 aromatic carbocycles. The van der Waals surface area contributed by atoms with Crippen LogP contribution in [-0.4, -0.2) is 12.2 Å². The van der Waals surface area contributed by atoms with Gasteiger partial charge in [-0.3, -0.25) is 0 Å². The summed E-state index contributed by atoms with van der Waals surface area (Å²) >= 11 is 0. The Bertz CT molecular complexity index is 529. The second kappa shape index (κ2) is 4.27. The molecule has 0 radical (unpaired) electrons. The highest BCUT2D eigenvalue weighted by molar-refractivity contribution is 5.89. The number of aromatic hydroxyl groups is 1. The molecule has 1 N–H and O–H groups in total. The number of allylic oxidation sites excluding steroid dienone is 1. The maximum Gasteiger partial charge on any atom is 0.119 e. The Balaban J connectivity index is 2.68. The van der Waals surface area contributed by atoms with Crippen molar-refractivity contribution in [3.63, 3.8) is 0 Å². The highest BCUT2D eigenvalue weighted by Crippen LogP contribution is 2.30. The molecule has 0 saturated carbocycles. The van der Waals surface area contributed by atoms with Gasteiger partial charge in [-0.15, -0.1) is 6.58 Å². The summed E-state index contributed by atoms with van der Waals surface area (Å²) in [5.41, 5.74) is 0.912. The second-order valence-electron chi connectivity index (χ2n) is 3.64. The van der Waals surface area contributed by atoms with Crippen LogP contribution < -0.4 is 4.74 Å². The average Bonchev–Trinajstić information content (AvgIpc) is 2.32. The van der Waals surface area contributed by atoms with Crippen molar-refractivity contribution in [2.45, 2.75) is 6.42 Å². The summed E-state index contributed by atoms with van der Waals surface area (Å²) in [5, 5.41) is 11.9. The van der Waals surface area contributed by atoms with Gasteiger partial charge in [-0.1, -0.05) is 18.2 Å². The van der Waals surface area contributed by atoms with Crippen molar-refractivity contribution in [3.05, 3.63) is 48.6 Å². The zero-order valence-electron chi connectivity index (χ0n) is 9.23. The SMILES string of the molecule is C=CCc1c(O)ccc2cc(OC)ccc12. The van der Waals surface area contributed by atoms with Crippen LogP contribution >= 0.6 is 0 Å². The van der Waals surface area contributed by atoms with Crippen molar-refractivity contribution >= 4 is 10.8 Å². The number of methoxy groups -OCH3 is 1. The summed E-state index contributed by atoms with van der Waals surface area (Å²) < 4.78 is 5.17. The van der Waals surface area contributed by atoms with Crippen LogP contribution in [0.25, 0.3) is 10.8 Å². The van der Waals surface area contributed by atoms with Gasteiger partial charge in [0.25, 0.3) is 0 Å². The number of phenols is 1. The lowest BCUT2D eigenvalue weighted by molar-refractivity contribution is 0.415. The van der Waals surface area contributed by atoms with Crippen molar-refractivity contribution in [3.8, 4) is 11.5 Å².